The maximum Gasteiger partial charge on any atom is 0.156 e. The van der Waals surface area contributed by atoms with Gasteiger partial charge in [-0.05, 0) is 55.4 Å². The number of hydrogen-bond donors (Lipinski definition) is 0. The van der Waals surface area contributed by atoms with E-state index in [1.54, 1.807) is 6.92 Å². The van der Waals surface area contributed by atoms with E-state index >= 15 is 0 Å². The summed E-state index contributed by atoms with van der Waals surface area (Å²) in [5.74, 6) is 3.23. The first-order chi connectivity index (χ1) is 9.74. The minimum absolute atomic E-state index is 0.00426. The quantitative estimate of drug-likeness (QED) is 0.729. The fourth-order valence-corrected chi connectivity index (χ4v) is 5.02. The normalized spacial score (nSPS) is 35.0. The summed E-state index contributed by atoms with van der Waals surface area (Å²) < 4.78 is 5.87. The van der Waals surface area contributed by atoms with E-state index in [9.17, 15) is 4.79 Å². The van der Waals surface area contributed by atoms with Crippen LogP contribution >= 0.6 is 0 Å². The van der Waals surface area contributed by atoms with Crippen LogP contribution in [0.15, 0.2) is 11.1 Å². The summed E-state index contributed by atoms with van der Waals surface area (Å²) in [7, 11) is 0. The molecule has 0 amide bonds. The average molecular weight is 288 g/mol. The number of ketones is 1. The van der Waals surface area contributed by atoms with Crippen molar-refractivity contribution in [3.05, 3.63) is 11.1 Å². The smallest absolute Gasteiger partial charge is 0.156 e. The summed E-state index contributed by atoms with van der Waals surface area (Å²) in [6.45, 7) is 11.0. The van der Waals surface area contributed by atoms with Crippen molar-refractivity contribution in [2.75, 3.05) is 6.61 Å². The second-order valence-electron chi connectivity index (χ2n) is 7.67. The number of Topliss-reactive ketones (excluding diaryl/α,β-unsaturated/α-hetero) is 1. The SMILES string of the molecule is C#CCO[C@@H]1C[C@H]2C(C)(C)CCC[C@]2(C)C(C(C)=O)=C1C. The van der Waals surface area contributed by atoms with Gasteiger partial charge in [-0.25, -0.2) is 0 Å². The Balaban J connectivity index is 2.50. The monoisotopic (exact) mass is 288 g/mol. The molecule has 0 aliphatic heterocycles. The van der Waals surface area contributed by atoms with Crippen LogP contribution in [0.3, 0.4) is 0 Å². The van der Waals surface area contributed by atoms with Crippen molar-refractivity contribution in [2.45, 2.75) is 66.4 Å². The molecule has 2 nitrogen and oxygen atoms in total. The fraction of sp³-hybridized carbons (Fsp3) is 0.737. The molecule has 2 rings (SSSR count). The molecule has 0 bridgehead atoms. The first kappa shape index (κ1) is 16.3. The van der Waals surface area contributed by atoms with Gasteiger partial charge >= 0.3 is 0 Å². The first-order valence-corrected chi connectivity index (χ1v) is 8.01. The number of carbonyl (C=O) groups excluding carboxylic acids is 1. The maximum atomic E-state index is 12.3. The lowest BCUT2D eigenvalue weighted by Gasteiger charge is -2.55. The van der Waals surface area contributed by atoms with Gasteiger partial charge in [0.05, 0.1) is 6.10 Å². The Morgan fingerprint density at radius 3 is 2.62 bits per heavy atom. The molecule has 0 aromatic carbocycles. The van der Waals surface area contributed by atoms with Crippen molar-refractivity contribution in [1.82, 2.24) is 0 Å². The zero-order valence-corrected chi connectivity index (χ0v) is 14.1. The average Bonchev–Trinajstić information content (AvgIpc) is 2.35. The van der Waals surface area contributed by atoms with Gasteiger partial charge in [-0.2, -0.15) is 0 Å². The number of carbonyl (C=O) groups is 1. The Morgan fingerprint density at radius 2 is 2.05 bits per heavy atom. The second kappa shape index (κ2) is 5.61. The summed E-state index contributed by atoms with van der Waals surface area (Å²) in [6, 6.07) is 0. The van der Waals surface area contributed by atoms with Crippen molar-refractivity contribution in [3.8, 4) is 12.3 Å². The summed E-state index contributed by atoms with van der Waals surface area (Å²) >= 11 is 0. The number of fused-ring (bicyclic) bond motifs is 1. The highest BCUT2D eigenvalue weighted by molar-refractivity contribution is 5.95. The molecular formula is C19H28O2. The van der Waals surface area contributed by atoms with Gasteiger partial charge in [-0.15, -0.1) is 6.42 Å². The molecular weight excluding hydrogens is 260 g/mol. The molecule has 1 fully saturated rings. The van der Waals surface area contributed by atoms with Gasteiger partial charge < -0.3 is 4.74 Å². The molecule has 0 N–H and O–H groups in total. The zero-order valence-electron chi connectivity index (χ0n) is 14.1. The van der Waals surface area contributed by atoms with Gasteiger partial charge in [-0.1, -0.05) is 33.1 Å². The van der Waals surface area contributed by atoms with E-state index in [4.69, 9.17) is 11.2 Å². The van der Waals surface area contributed by atoms with E-state index in [-0.39, 0.29) is 22.7 Å². The number of ether oxygens (including phenoxy) is 1. The lowest BCUT2D eigenvalue weighted by Crippen LogP contribution is -2.50. The van der Waals surface area contributed by atoms with Gasteiger partial charge in [0.2, 0.25) is 0 Å². The summed E-state index contributed by atoms with van der Waals surface area (Å²) in [5, 5.41) is 0. The molecule has 0 aromatic rings. The molecule has 3 atom stereocenters. The zero-order chi connectivity index (χ0) is 15.8. The molecule has 0 radical (unpaired) electrons. The third-order valence-corrected chi connectivity index (χ3v) is 5.85. The molecule has 2 heteroatoms. The molecule has 1 saturated carbocycles. The fourth-order valence-electron chi connectivity index (χ4n) is 5.02. The van der Waals surface area contributed by atoms with E-state index < -0.39 is 0 Å². The Labute approximate surface area is 129 Å². The number of terminal acetylenes is 1. The van der Waals surface area contributed by atoms with E-state index in [2.05, 4.69) is 33.6 Å². The molecule has 116 valence electrons. The Bertz CT molecular complexity index is 506. The van der Waals surface area contributed by atoms with Crippen LogP contribution in [0.5, 0.6) is 0 Å². The molecule has 0 heterocycles. The van der Waals surface area contributed by atoms with Crippen LogP contribution in [0.1, 0.15) is 60.3 Å². The number of rotatable bonds is 3. The Kier molecular flexibility index (Phi) is 4.36. The second-order valence-corrected chi connectivity index (χ2v) is 7.67. The number of hydrogen-bond acceptors (Lipinski definition) is 2. The van der Waals surface area contributed by atoms with Crippen LogP contribution in [0, 0.1) is 29.1 Å². The molecule has 0 unspecified atom stereocenters. The van der Waals surface area contributed by atoms with Crippen LogP contribution in [0.25, 0.3) is 0 Å². The van der Waals surface area contributed by atoms with Crippen molar-refractivity contribution < 1.29 is 9.53 Å². The van der Waals surface area contributed by atoms with E-state index in [1.165, 1.54) is 12.8 Å². The van der Waals surface area contributed by atoms with Crippen LogP contribution in [-0.4, -0.2) is 18.5 Å². The van der Waals surface area contributed by atoms with Crippen LogP contribution in [0.4, 0.5) is 0 Å². The number of allylic oxidation sites excluding steroid dienone is 1. The Morgan fingerprint density at radius 1 is 1.38 bits per heavy atom. The third-order valence-electron chi connectivity index (χ3n) is 5.85. The molecule has 21 heavy (non-hydrogen) atoms. The predicted octanol–water partition coefficient (Wildman–Crippen LogP) is 4.15. The largest absolute Gasteiger partial charge is 0.361 e. The van der Waals surface area contributed by atoms with Crippen molar-refractivity contribution in [3.63, 3.8) is 0 Å². The Hall–Kier alpha value is -1.07. The summed E-state index contributed by atoms with van der Waals surface area (Å²) in [5.41, 5.74) is 2.35. The lowest BCUT2D eigenvalue weighted by molar-refractivity contribution is -0.117. The van der Waals surface area contributed by atoms with Crippen LogP contribution in [-0.2, 0) is 9.53 Å². The van der Waals surface area contributed by atoms with Crippen molar-refractivity contribution >= 4 is 5.78 Å². The third kappa shape index (κ3) is 2.69. The molecule has 0 aromatic heterocycles. The van der Waals surface area contributed by atoms with Crippen molar-refractivity contribution in [1.29, 1.82) is 0 Å². The highest BCUT2D eigenvalue weighted by Crippen LogP contribution is 2.59. The van der Waals surface area contributed by atoms with E-state index in [1.807, 2.05) is 0 Å². The minimum atomic E-state index is -0.00628. The van der Waals surface area contributed by atoms with Crippen molar-refractivity contribution in [2.24, 2.45) is 16.7 Å². The predicted molar refractivity (Wildman–Crippen MR) is 85.8 cm³/mol. The van der Waals surface area contributed by atoms with Gasteiger partial charge in [0.1, 0.15) is 6.61 Å². The first-order valence-electron chi connectivity index (χ1n) is 8.01. The van der Waals surface area contributed by atoms with Gasteiger partial charge in [0, 0.05) is 5.57 Å². The van der Waals surface area contributed by atoms with E-state index in [0.29, 0.717) is 12.5 Å². The topological polar surface area (TPSA) is 26.3 Å². The molecule has 0 spiro atoms. The maximum absolute atomic E-state index is 12.3. The van der Waals surface area contributed by atoms with Crippen LogP contribution < -0.4 is 0 Å². The standard InChI is InChI=1S/C19H28O2/c1-7-11-21-15-12-16-18(4,5)9-8-10-19(16,6)17(13(15)2)14(3)20/h1,15-16H,8-12H2,2-6H3/t15-,16+,19+/m1/s1. The highest BCUT2D eigenvalue weighted by atomic mass is 16.5. The van der Waals surface area contributed by atoms with Crippen LogP contribution in [0.2, 0.25) is 0 Å². The molecule has 0 saturated heterocycles. The summed E-state index contributed by atoms with van der Waals surface area (Å²) in [4.78, 5) is 12.3. The highest BCUT2D eigenvalue weighted by Gasteiger charge is 2.53. The van der Waals surface area contributed by atoms with Gasteiger partial charge in [-0.3, -0.25) is 4.79 Å². The minimum Gasteiger partial charge on any atom is -0.361 e. The summed E-state index contributed by atoms with van der Waals surface area (Å²) in [6.07, 6.45) is 9.84. The molecule has 2 aliphatic rings. The van der Waals surface area contributed by atoms with Gasteiger partial charge in [0.25, 0.3) is 0 Å². The van der Waals surface area contributed by atoms with Gasteiger partial charge in [0.15, 0.2) is 5.78 Å². The lowest BCUT2D eigenvalue weighted by atomic mass is 9.49. The molecule has 2 aliphatic carbocycles. The van der Waals surface area contributed by atoms with E-state index in [0.717, 1.165) is 24.0 Å².